The molecular formula is C22H24N4O4S2. The first kappa shape index (κ1) is 22.4. The van der Waals surface area contributed by atoms with Gasteiger partial charge in [-0.15, -0.1) is 11.3 Å². The van der Waals surface area contributed by atoms with Crippen molar-refractivity contribution in [3.05, 3.63) is 59.2 Å². The average molecular weight is 473 g/mol. The minimum absolute atomic E-state index is 0.109. The van der Waals surface area contributed by atoms with Crippen LogP contribution in [-0.4, -0.2) is 37.6 Å². The molecule has 8 nitrogen and oxygen atoms in total. The molecule has 0 spiro atoms. The summed E-state index contributed by atoms with van der Waals surface area (Å²) in [5, 5.41) is 15.3. The van der Waals surface area contributed by atoms with E-state index in [1.807, 2.05) is 12.1 Å². The number of aliphatic hydroxyl groups is 1. The van der Waals surface area contributed by atoms with Crippen molar-refractivity contribution in [2.24, 2.45) is 5.41 Å². The van der Waals surface area contributed by atoms with Gasteiger partial charge in [0.25, 0.3) is 5.91 Å². The van der Waals surface area contributed by atoms with E-state index >= 15 is 0 Å². The maximum absolute atomic E-state index is 12.5. The fraction of sp³-hybridized carbons (Fsp3) is 0.273. The van der Waals surface area contributed by atoms with Crippen molar-refractivity contribution in [1.29, 1.82) is 0 Å². The number of hydrogen-bond donors (Lipinski definition) is 4. The molecule has 1 aromatic heterocycles. The van der Waals surface area contributed by atoms with Gasteiger partial charge in [-0.25, -0.2) is 18.1 Å². The summed E-state index contributed by atoms with van der Waals surface area (Å²) in [6, 6.07) is 10.7. The van der Waals surface area contributed by atoms with E-state index in [2.05, 4.69) is 20.3 Å². The van der Waals surface area contributed by atoms with Crippen LogP contribution in [0.2, 0.25) is 0 Å². The van der Waals surface area contributed by atoms with Crippen LogP contribution in [0.3, 0.4) is 0 Å². The van der Waals surface area contributed by atoms with Crippen LogP contribution < -0.4 is 15.4 Å². The van der Waals surface area contributed by atoms with Gasteiger partial charge in [0.2, 0.25) is 10.0 Å². The molecule has 0 saturated carbocycles. The zero-order valence-electron chi connectivity index (χ0n) is 17.7. The highest BCUT2D eigenvalue weighted by Crippen LogP contribution is 2.39. The lowest BCUT2D eigenvalue weighted by molar-refractivity contribution is -0.110. The topological polar surface area (TPSA) is 120 Å². The monoisotopic (exact) mass is 472 g/mol. The molecule has 10 heteroatoms. The van der Waals surface area contributed by atoms with Crippen LogP contribution >= 0.6 is 11.3 Å². The van der Waals surface area contributed by atoms with Crippen LogP contribution in [0.15, 0.2) is 48.1 Å². The Kier molecular flexibility index (Phi) is 6.04. The Labute approximate surface area is 190 Å². The highest BCUT2D eigenvalue weighted by Gasteiger charge is 2.27. The lowest BCUT2D eigenvalue weighted by Gasteiger charge is -2.21. The number of aliphatic hydroxyl groups excluding tert-OH is 1. The van der Waals surface area contributed by atoms with E-state index in [0.717, 1.165) is 27.2 Å². The molecule has 1 amide bonds. The molecule has 0 unspecified atom stereocenters. The number of fused-ring (bicyclic) bond motifs is 3. The summed E-state index contributed by atoms with van der Waals surface area (Å²) >= 11 is 1.49. The van der Waals surface area contributed by atoms with Crippen LogP contribution in [0.25, 0.3) is 15.8 Å². The van der Waals surface area contributed by atoms with Gasteiger partial charge in [0.1, 0.15) is 0 Å². The molecule has 0 saturated heterocycles. The van der Waals surface area contributed by atoms with E-state index in [0.29, 0.717) is 11.1 Å². The van der Waals surface area contributed by atoms with E-state index < -0.39 is 15.4 Å². The minimum Gasteiger partial charge on any atom is -0.396 e. The highest BCUT2D eigenvalue weighted by molar-refractivity contribution is 7.88. The summed E-state index contributed by atoms with van der Waals surface area (Å²) in [4.78, 5) is 16.8. The molecule has 0 bridgehead atoms. The number of sulfonamides is 1. The van der Waals surface area contributed by atoms with Crippen molar-refractivity contribution in [3.8, 4) is 0 Å². The first-order chi connectivity index (χ1) is 15.2. The third-order valence-electron chi connectivity index (χ3n) is 5.15. The van der Waals surface area contributed by atoms with Crippen molar-refractivity contribution >= 4 is 54.4 Å². The van der Waals surface area contributed by atoms with Crippen LogP contribution in [0.5, 0.6) is 0 Å². The fourth-order valence-electron chi connectivity index (χ4n) is 3.23. The molecule has 4 rings (SSSR count). The van der Waals surface area contributed by atoms with E-state index in [9.17, 15) is 18.3 Å². The van der Waals surface area contributed by atoms with E-state index in [-0.39, 0.29) is 24.8 Å². The van der Waals surface area contributed by atoms with Gasteiger partial charge in [0.15, 0.2) is 0 Å². The summed E-state index contributed by atoms with van der Waals surface area (Å²) in [6.07, 6.45) is 1.66. The third-order valence-corrected chi connectivity index (χ3v) is 7.31. The van der Waals surface area contributed by atoms with Crippen molar-refractivity contribution in [3.63, 3.8) is 0 Å². The van der Waals surface area contributed by atoms with Crippen LogP contribution in [0.4, 0.5) is 11.4 Å². The van der Waals surface area contributed by atoms with Crippen molar-refractivity contribution in [2.45, 2.75) is 19.6 Å². The Hall–Kier alpha value is -2.79. The van der Waals surface area contributed by atoms with Crippen LogP contribution in [0, 0.1) is 5.41 Å². The first-order valence-electron chi connectivity index (χ1n) is 9.99. The molecule has 2 heterocycles. The summed E-state index contributed by atoms with van der Waals surface area (Å²) in [5.41, 5.74) is 5.56. The molecule has 1 aliphatic heterocycles. The molecule has 0 atom stereocenters. The van der Waals surface area contributed by atoms with E-state index in [1.54, 1.807) is 49.8 Å². The van der Waals surface area contributed by atoms with E-state index in [1.165, 1.54) is 11.3 Å². The summed E-state index contributed by atoms with van der Waals surface area (Å²) in [7, 11) is -3.52. The lowest BCUT2D eigenvalue weighted by Crippen LogP contribution is -2.36. The minimum atomic E-state index is -3.52. The number of hydrogen-bond acceptors (Lipinski definition) is 7. The second-order valence-corrected chi connectivity index (χ2v) is 11.1. The SMILES string of the molecule is CC(C)(CO)CNS(=O)(=O)Cc1ccc(N/C=C2\C(=O)Nc3ccc4ncsc4c32)cc1. The number of thiazole rings is 1. The molecule has 32 heavy (non-hydrogen) atoms. The Morgan fingerprint density at radius 3 is 2.66 bits per heavy atom. The van der Waals surface area contributed by atoms with Gasteiger partial charge in [-0.05, 0) is 29.8 Å². The smallest absolute Gasteiger partial charge is 0.257 e. The fourth-order valence-corrected chi connectivity index (χ4v) is 5.42. The van der Waals surface area contributed by atoms with E-state index in [4.69, 9.17) is 0 Å². The molecule has 3 aromatic rings. The van der Waals surface area contributed by atoms with Gasteiger partial charge >= 0.3 is 0 Å². The molecule has 168 valence electrons. The van der Waals surface area contributed by atoms with Gasteiger partial charge in [0.05, 0.1) is 32.7 Å². The third kappa shape index (κ3) is 4.83. The zero-order chi connectivity index (χ0) is 22.9. The molecule has 2 aromatic carbocycles. The lowest BCUT2D eigenvalue weighted by atomic mass is 9.96. The molecular weight excluding hydrogens is 448 g/mol. The normalized spacial score (nSPS) is 15.2. The molecule has 1 aliphatic rings. The predicted molar refractivity (Wildman–Crippen MR) is 128 cm³/mol. The predicted octanol–water partition coefficient (Wildman–Crippen LogP) is 3.14. The summed E-state index contributed by atoms with van der Waals surface area (Å²) in [6.45, 7) is 3.62. The van der Waals surface area contributed by atoms with Gasteiger partial charge in [-0.2, -0.15) is 0 Å². The van der Waals surface area contributed by atoms with Crippen LogP contribution in [0.1, 0.15) is 25.0 Å². The second kappa shape index (κ2) is 8.62. The standard InChI is InChI=1S/C22H24N4O4S2/c1-22(2,12-27)11-25-32(29,30)10-14-3-5-15(6-4-14)23-9-16-19-17(26-21(16)28)7-8-18-20(19)31-13-24-18/h3-9,13,23,25,27H,10-12H2,1-2H3,(H,26,28)/b16-9-. The first-order valence-corrected chi connectivity index (χ1v) is 12.5. The number of benzene rings is 2. The van der Waals surface area contributed by atoms with Gasteiger partial charge in [-0.3, -0.25) is 4.79 Å². The van der Waals surface area contributed by atoms with Gasteiger partial charge in [-0.1, -0.05) is 26.0 Å². The number of anilines is 2. The molecule has 4 N–H and O–H groups in total. The second-order valence-electron chi connectivity index (χ2n) is 8.44. The summed E-state index contributed by atoms with van der Waals surface area (Å²) < 4.78 is 28.1. The number of rotatable bonds is 8. The number of carbonyl (C=O) groups is 1. The maximum atomic E-state index is 12.5. The van der Waals surface area contributed by atoms with Crippen LogP contribution in [-0.2, 0) is 20.6 Å². The van der Waals surface area contributed by atoms with Gasteiger partial charge < -0.3 is 15.7 Å². The number of aromatic nitrogens is 1. The number of nitrogens with one attached hydrogen (secondary N) is 3. The zero-order valence-corrected chi connectivity index (χ0v) is 19.3. The highest BCUT2D eigenvalue weighted by atomic mass is 32.2. The number of carbonyl (C=O) groups excluding carboxylic acids is 1. The Morgan fingerprint density at radius 2 is 1.94 bits per heavy atom. The Bertz CT molecular complexity index is 1300. The number of nitrogens with zero attached hydrogens (tertiary/aromatic N) is 1. The Morgan fingerprint density at radius 1 is 1.19 bits per heavy atom. The molecule has 0 aliphatic carbocycles. The Balaban J connectivity index is 1.46. The summed E-state index contributed by atoms with van der Waals surface area (Å²) in [5.74, 6) is -0.345. The maximum Gasteiger partial charge on any atom is 0.257 e. The average Bonchev–Trinajstić information content (AvgIpc) is 3.35. The van der Waals surface area contributed by atoms with Crippen molar-refractivity contribution in [1.82, 2.24) is 9.71 Å². The molecule has 0 radical (unpaired) electrons. The molecule has 0 fully saturated rings. The van der Waals surface area contributed by atoms with Gasteiger partial charge in [0, 0.05) is 36.0 Å². The number of amides is 1. The van der Waals surface area contributed by atoms with Crippen molar-refractivity contribution < 1.29 is 18.3 Å². The largest absolute Gasteiger partial charge is 0.396 e. The van der Waals surface area contributed by atoms with Crippen molar-refractivity contribution in [2.75, 3.05) is 23.8 Å². The quantitative estimate of drug-likeness (QED) is 0.374.